The van der Waals surface area contributed by atoms with Gasteiger partial charge in [-0.3, -0.25) is 9.69 Å². The number of aliphatic hydroxyl groups is 1. The second-order valence-corrected chi connectivity index (χ2v) is 7.14. The molecule has 27 heavy (non-hydrogen) atoms. The Bertz CT molecular complexity index is 647. The summed E-state index contributed by atoms with van der Waals surface area (Å²) in [5.41, 5.74) is 1.07. The van der Waals surface area contributed by atoms with Crippen molar-refractivity contribution in [2.45, 2.75) is 37.9 Å². The second-order valence-electron chi connectivity index (χ2n) is 7.14. The minimum Gasteiger partial charge on any atom is -0.396 e. The number of hydrogen-bond acceptors (Lipinski definition) is 4. The van der Waals surface area contributed by atoms with Crippen molar-refractivity contribution >= 4 is 11.9 Å². The zero-order valence-electron chi connectivity index (χ0n) is 15.4. The highest BCUT2D eigenvalue weighted by Crippen LogP contribution is 2.16. The SMILES string of the molecule is O=C1NCCN(C(=O)NC2CCN(Cc3ccc(F)cc3)CC2)C1CCO. The highest BCUT2D eigenvalue weighted by atomic mass is 19.1. The monoisotopic (exact) mass is 378 g/mol. The van der Waals surface area contributed by atoms with E-state index in [1.54, 1.807) is 12.1 Å². The van der Waals surface area contributed by atoms with Gasteiger partial charge in [-0.05, 0) is 37.0 Å². The molecular formula is C19H27FN4O3. The Hall–Kier alpha value is -2.19. The summed E-state index contributed by atoms with van der Waals surface area (Å²) >= 11 is 0. The van der Waals surface area contributed by atoms with Crippen LogP contribution in [0, 0.1) is 5.82 Å². The van der Waals surface area contributed by atoms with Gasteiger partial charge >= 0.3 is 6.03 Å². The number of rotatable bonds is 5. The van der Waals surface area contributed by atoms with Gasteiger partial charge in [0.1, 0.15) is 11.9 Å². The maximum Gasteiger partial charge on any atom is 0.318 e. The standard InChI is InChI=1S/C19H27FN4O3/c20-15-3-1-14(2-4-15)13-23-9-5-16(6-10-23)22-19(27)24-11-8-21-18(26)17(24)7-12-25/h1-4,16-17,25H,5-13H2,(H,21,26)(H,22,27). The van der Waals surface area contributed by atoms with E-state index in [9.17, 15) is 14.0 Å². The first-order valence-corrected chi connectivity index (χ1v) is 9.49. The molecule has 0 saturated carbocycles. The Labute approximate surface area is 158 Å². The number of halogens is 1. The Balaban J connectivity index is 1.47. The molecule has 148 valence electrons. The zero-order valence-corrected chi connectivity index (χ0v) is 15.4. The van der Waals surface area contributed by atoms with Crippen LogP contribution in [0.4, 0.5) is 9.18 Å². The molecule has 0 bridgehead atoms. The molecule has 8 heteroatoms. The van der Waals surface area contributed by atoms with E-state index in [1.807, 2.05) is 0 Å². The number of carbonyl (C=O) groups excluding carboxylic acids is 2. The normalized spacial score (nSPS) is 21.8. The molecule has 3 rings (SSSR count). The number of nitrogens with zero attached hydrogens (tertiary/aromatic N) is 2. The molecule has 2 saturated heterocycles. The molecule has 1 atom stereocenters. The summed E-state index contributed by atoms with van der Waals surface area (Å²) in [6, 6.07) is 5.77. The van der Waals surface area contributed by atoms with Gasteiger partial charge in [0.05, 0.1) is 0 Å². The van der Waals surface area contributed by atoms with Gasteiger partial charge in [0, 0.05) is 45.4 Å². The summed E-state index contributed by atoms with van der Waals surface area (Å²) in [5.74, 6) is -0.439. The fourth-order valence-electron chi connectivity index (χ4n) is 3.71. The van der Waals surface area contributed by atoms with Gasteiger partial charge in [0.2, 0.25) is 5.91 Å². The third kappa shape index (κ3) is 5.17. The van der Waals surface area contributed by atoms with E-state index < -0.39 is 6.04 Å². The van der Waals surface area contributed by atoms with Gasteiger partial charge < -0.3 is 20.6 Å². The summed E-state index contributed by atoms with van der Waals surface area (Å²) < 4.78 is 13.0. The van der Waals surface area contributed by atoms with Crippen molar-refractivity contribution in [1.29, 1.82) is 0 Å². The number of urea groups is 1. The molecule has 0 aromatic heterocycles. The predicted octanol–water partition coefficient (Wildman–Crippen LogP) is 0.682. The van der Waals surface area contributed by atoms with Gasteiger partial charge in [-0.15, -0.1) is 0 Å². The first-order chi connectivity index (χ1) is 13.1. The number of carbonyl (C=O) groups is 2. The highest BCUT2D eigenvalue weighted by molar-refractivity contribution is 5.88. The molecule has 0 spiro atoms. The molecule has 2 fully saturated rings. The van der Waals surface area contributed by atoms with Crippen LogP contribution in [0.3, 0.4) is 0 Å². The van der Waals surface area contributed by atoms with Gasteiger partial charge in [0.15, 0.2) is 0 Å². The van der Waals surface area contributed by atoms with E-state index in [4.69, 9.17) is 5.11 Å². The average molecular weight is 378 g/mol. The quantitative estimate of drug-likeness (QED) is 0.704. The fraction of sp³-hybridized carbons (Fsp3) is 0.579. The van der Waals surface area contributed by atoms with E-state index >= 15 is 0 Å². The van der Waals surface area contributed by atoms with Crippen LogP contribution in [0.2, 0.25) is 0 Å². The first-order valence-electron chi connectivity index (χ1n) is 9.49. The van der Waals surface area contributed by atoms with Crippen molar-refractivity contribution < 1.29 is 19.1 Å². The largest absolute Gasteiger partial charge is 0.396 e. The molecule has 3 amide bonds. The predicted molar refractivity (Wildman–Crippen MR) is 98.4 cm³/mol. The highest BCUT2D eigenvalue weighted by Gasteiger charge is 2.33. The summed E-state index contributed by atoms with van der Waals surface area (Å²) in [6.07, 6.45) is 1.91. The van der Waals surface area contributed by atoms with Crippen LogP contribution in [0.15, 0.2) is 24.3 Å². The minimum atomic E-state index is -0.609. The number of piperidine rings is 1. The Morgan fingerprint density at radius 1 is 1.22 bits per heavy atom. The van der Waals surface area contributed by atoms with Gasteiger partial charge in [-0.25, -0.2) is 9.18 Å². The molecule has 0 aliphatic carbocycles. The lowest BCUT2D eigenvalue weighted by Gasteiger charge is -2.37. The molecule has 2 aliphatic rings. The number of likely N-dealkylation sites (tertiary alicyclic amines) is 1. The first kappa shape index (κ1) is 19.6. The lowest BCUT2D eigenvalue weighted by atomic mass is 10.0. The van der Waals surface area contributed by atoms with E-state index in [0.29, 0.717) is 13.1 Å². The van der Waals surface area contributed by atoms with Crippen molar-refractivity contribution in [3.63, 3.8) is 0 Å². The van der Waals surface area contributed by atoms with E-state index in [0.717, 1.165) is 38.0 Å². The second kappa shape index (κ2) is 9.14. The topological polar surface area (TPSA) is 84.9 Å². The zero-order chi connectivity index (χ0) is 19.2. The molecule has 1 unspecified atom stereocenters. The van der Waals surface area contributed by atoms with Crippen LogP contribution in [0.25, 0.3) is 0 Å². The smallest absolute Gasteiger partial charge is 0.318 e. The van der Waals surface area contributed by atoms with Crippen molar-refractivity contribution in [2.24, 2.45) is 0 Å². The number of piperazine rings is 1. The molecule has 3 N–H and O–H groups in total. The van der Waals surface area contributed by atoms with Crippen LogP contribution in [0.1, 0.15) is 24.8 Å². The van der Waals surface area contributed by atoms with Gasteiger partial charge in [-0.1, -0.05) is 12.1 Å². The van der Waals surface area contributed by atoms with Gasteiger partial charge in [0.25, 0.3) is 0 Å². The molecule has 2 aliphatic heterocycles. The van der Waals surface area contributed by atoms with Gasteiger partial charge in [-0.2, -0.15) is 0 Å². The fourth-order valence-corrected chi connectivity index (χ4v) is 3.71. The molecule has 1 aromatic carbocycles. The van der Waals surface area contributed by atoms with E-state index in [2.05, 4.69) is 15.5 Å². The van der Waals surface area contributed by atoms with Crippen molar-refractivity contribution in [2.75, 3.05) is 32.8 Å². The lowest BCUT2D eigenvalue weighted by molar-refractivity contribution is -0.128. The Morgan fingerprint density at radius 2 is 1.93 bits per heavy atom. The summed E-state index contributed by atoms with van der Waals surface area (Å²) in [7, 11) is 0. The maximum absolute atomic E-state index is 13.0. The van der Waals surface area contributed by atoms with E-state index in [-0.39, 0.29) is 36.8 Å². The molecule has 1 aromatic rings. The number of aliphatic hydroxyl groups excluding tert-OH is 1. The molecule has 2 heterocycles. The third-order valence-corrected chi connectivity index (χ3v) is 5.23. The van der Waals surface area contributed by atoms with Crippen LogP contribution in [-0.4, -0.2) is 71.7 Å². The summed E-state index contributed by atoms with van der Waals surface area (Å²) in [6.45, 7) is 3.22. The van der Waals surface area contributed by atoms with E-state index in [1.165, 1.54) is 17.0 Å². The van der Waals surface area contributed by atoms with Crippen molar-refractivity contribution in [3.05, 3.63) is 35.6 Å². The molecule has 7 nitrogen and oxygen atoms in total. The Morgan fingerprint density at radius 3 is 2.59 bits per heavy atom. The number of nitrogens with one attached hydrogen (secondary N) is 2. The number of hydrogen-bond donors (Lipinski definition) is 3. The Kier molecular flexibility index (Phi) is 6.63. The lowest BCUT2D eigenvalue weighted by Crippen LogP contribution is -2.61. The summed E-state index contributed by atoms with van der Waals surface area (Å²) in [4.78, 5) is 28.4. The maximum atomic E-state index is 13.0. The average Bonchev–Trinajstić information content (AvgIpc) is 2.67. The van der Waals surface area contributed by atoms with Crippen molar-refractivity contribution in [1.82, 2.24) is 20.4 Å². The van der Waals surface area contributed by atoms with Crippen LogP contribution < -0.4 is 10.6 Å². The molecule has 0 radical (unpaired) electrons. The van der Waals surface area contributed by atoms with Crippen molar-refractivity contribution in [3.8, 4) is 0 Å². The minimum absolute atomic E-state index is 0.0710. The number of benzene rings is 1. The molecular weight excluding hydrogens is 351 g/mol. The van der Waals surface area contributed by atoms with Crippen LogP contribution >= 0.6 is 0 Å². The van der Waals surface area contributed by atoms with Crippen LogP contribution in [-0.2, 0) is 11.3 Å². The van der Waals surface area contributed by atoms with Crippen LogP contribution in [0.5, 0.6) is 0 Å². The number of amides is 3. The third-order valence-electron chi connectivity index (χ3n) is 5.23. The summed E-state index contributed by atoms with van der Waals surface area (Å²) in [5, 5.41) is 14.9.